The molecule has 0 aliphatic heterocycles. The molecule has 4 aromatic rings. The van der Waals surface area contributed by atoms with Gasteiger partial charge < -0.3 is 15.4 Å². The highest BCUT2D eigenvalue weighted by atomic mass is 32.1. The summed E-state index contributed by atoms with van der Waals surface area (Å²) < 4.78 is 13.2. The second-order valence-electron chi connectivity index (χ2n) is 7.65. The van der Waals surface area contributed by atoms with Crippen LogP contribution in [0.15, 0.2) is 48.0 Å². The highest BCUT2D eigenvalue weighted by Gasteiger charge is 2.34. The number of pyridine rings is 1. The first kappa shape index (κ1) is 18.9. The van der Waals surface area contributed by atoms with E-state index in [1.807, 2.05) is 17.5 Å². The van der Waals surface area contributed by atoms with Gasteiger partial charge in [-0.3, -0.25) is 4.79 Å². The van der Waals surface area contributed by atoms with E-state index in [0.29, 0.717) is 10.7 Å². The van der Waals surface area contributed by atoms with E-state index in [4.69, 9.17) is 0 Å². The zero-order chi connectivity index (χ0) is 20.7. The number of nitrogens with zero attached hydrogens (tertiary/aromatic N) is 2. The van der Waals surface area contributed by atoms with Gasteiger partial charge in [0.2, 0.25) is 0 Å². The van der Waals surface area contributed by atoms with Crippen LogP contribution in [0.1, 0.15) is 29.1 Å². The van der Waals surface area contributed by atoms with Crippen molar-refractivity contribution in [2.45, 2.75) is 24.9 Å². The quantitative estimate of drug-likeness (QED) is 0.451. The lowest BCUT2D eigenvalue weighted by Crippen LogP contribution is -2.47. The summed E-state index contributed by atoms with van der Waals surface area (Å²) in [5, 5.41) is 16.0. The standard InChI is InChI=1S/C22H19FN4O2S/c23-16-4-2-13(3-5-16)17-9-14-8-15(10-24-19(14)26-17)18-11-30-21(27-18)20(28)25-12-22(29)6-1-7-22/h2-5,8-11,29H,1,6-7,12H2,(H,24,26)(H,25,28). The molecule has 3 heterocycles. The number of thiazole rings is 1. The lowest BCUT2D eigenvalue weighted by molar-refractivity contribution is -0.0300. The number of halogens is 1. The van der Waals surface area contributed by atoms with Crippen LogP contribution in [0.25, 0.3) is 33.5 Å². The first-order valence-corrected chi connectivity index (χ1v) is 10.6. The Morgan fingerprint density at radius 1 is 1.23 bits per heavy atom. The van der Waals surface area contributed by atoms with Gasteiger partial charge in [-0.25, -0.2) is 14.4 Å². The van der Waals surface area contributed by atoms with Crippen LogP contribution in [-0.2, 0) is 0 Å². The van der Waals surface area contributed by atoms with Gasteiger partial charge in [-0.05, 0) is 61.2 Å². The summed E-state index contributed by atoms with van der Waals surface area (Å²) in [5.41, 5.74) is 3.16. The monoisotopic (exact) mass is 422 g/mol. The van der Waals surface area contributed by atoms with Crippen molar-refractivity contribution in [3.05, 3.63) is 58.8 Å². The largest absolute Gasteiger partial charge is 0.388 e. The van der Waals surface area contributed by atoms with Gasteiger partial charge in [0.05, 0.1) is 11.3 Å². The van der Waals surface area contributed by atoms with Crippen molar-refractivity contribution in [2.75, 3.05) is 6.54 Å². The van der Waals surface area contributed by atoms with Crippen molar-refractivity contribution in [1.82, 2.24) is 20.3 Å². The highest BCUT2D eigenvalue weighted by molar-refractivity contribution is 7.12. The summed E-state index contributed by atoms with van der Waals surface area (Å²) in [7, 11) is 0. The zero-order valence-corrected chi connectivity index (χ0v) is 16.8. The van der Waals surface area contributed by atoms with E-state index in [1.165, 1.54) is 23.5 Å². The van der Waals surface area contributed by atoms with Gasteiger partial charge in [-0.2, -0.15) is 0 Å². The second-order valence-corrected chi connectivity index (χ2v) is 8.51. The molecule has 0 radical (unpaired) electrons. The van der Waals surface area contributed by atoms with Crippen LogP contribution in [0.5, 0.6) is 0 Å². The fourth-order valence-electron chi connectivity index (χ4n) is 3.53. The number of hydrogen-bond acceptors (Lipinski definition) is 5. The van der Waals surface area contributed by atoms with Crippen LogP contribution >= 0.6 is 11.3 Å². The third-order valence-corrected chi connectivity index (χ3v) is 6.32. The van der Waals surface area contributed by atoms with Gasteiger partial charge in [-0.1, -0.05) is 0 Å². The van der Waals surface area contributed by atoms with Crippen molar-refractivity contribution < 1.29 is 14.3 Å². The molecule has 5 rings (SSSR count). The predicted octanol–water partition coefficient (Wildman–Crippen LogP) is 4.14. The van der Waals surface area contributed by atoms with Crippen LogP contribution < -0.4 is 5.32 Å². The minimum atomic E-state index is -0.763. The molecule has 152 valence electrons. The molecule has 0 bridgehead atoms. The lowest BCUT2D eigenvalue weighted by Gasteiger charge is -2.36. The van der Waals surface area contributed by atoms with Crippen LogP contribution in [0, 0.1) is 5.82 Å². The smallest absolute Gasteiger partial charge is 0.280 e. The number of H-pyrrole nitrogens is 1. The Bertz CT molecular complexity index is 1230. The maximum absolute atomic E-state index is 13.2. The molecular weight excluding hydrogens is 403 g/mol. The number of aromatic nitrogens is 3. The summed E-state index contributed by atoms with van der Waals surface area (Å²) in [6.07, 6.45) is 4.14. The lowest BCUT2D eigenvalue weighted by atomic mass is 9.80. The molecule has 6 nitrogen and oxygen atoms in total. The Morgan fingerprint density at radius 3 is 2.77 bits per heavy atom. The van der Waals surface area contributed by atoms with Gasteiger partial charge >= 0.3 is 0 Å². The molecule has 1 amide bonds. The van der Waals surface area contributed by atoms with E-state index in [-0.39, 0.29) is 18.3 Å². The number of aliphatic hydroxyl groups is 1. The number of amides is 1. The van der Waals surface area contributed by atoms with Crippen LogP contribution in [-0.4, -0.2) is 38.1 Å². The van der Waals surface area contributed by atoms with Gasteiger partial charge in [0.25, 0.3) is 5.91 Å². The molecule has 1 aliphatic rings. The summed E-state index contributed by atoms with van der Waals surface area (Å²) >= 11 is 1.26. The minimum Gasteiger partial charge on any atom is -0.388 e. The van der Waals surface area contributed by atoms with Crippen LogP contribution in [0.3, 0.4) is 0 Å². The summed E-state index contributed by atoms with van der Waals surface area (Å²) in [5.74, 6) is -0.554. The Balaban J connectivity index is 1.36. The van der Waals surface area contributed by atoms with E-state index in [9.17, 15) is 14.3 Å². The molecule has 8 heteroatoms. The Labute approximate surface area is 175 Å². The number of aromatic amines is 1. The van der Waals surface area contributed by atoms with E-state index >= 15 is 0 Å². The van der Waals surface area contributed by atoms with Gasteiger partial charge in [0, 0.05) is 34.8 Å². The average Bonchev–Trinajstić information content (AvgIpc) is 3.38. The Morgan fingerprint density at radius 2 is 2.03 bits per heavy atom. The van der Waals surface area contributed by atoms with E-state index < -0.39 is 5.60 Å². The number of nitrogens with one attached hydrogen (secondary N) is 2. The van der Waals surface area contributed by atoms with E-state index in [0.717, 1.165) is 47.1 Å². The highest BCUT2D eigenvalue weighted by Crippen LogP contribution is 2.31. The van der Waals surface area contributed by atoms with Crippen molar-refractivity contribution in [2.24, 2.45) is 0 Å². The summed E-state index contributed by atoms with van der Waals surface area (Å²) in [4.78, 5) is 24.5. The van der Waals surface area contributed by atoms with Crippen LogP contribution in [0.2, 0.25) is 0 Å². The van der Waals surface area contributed by atoms with Gasteiger partial charge in [0.1, 0.15) is 11.5 Å². The van der Waals surface area contributed by atoms with Crippen LogP contribution in [0.4, 0.5) is 4.39 Å². The van der Waals surface area contributed by atoms with Crippen molar-refractivity contribution >= 4 is 28.3 Å². The normalized spacial score (nSPS) is 15.1. The first-order chi connectivity index (χ1) is 14.5. The molecule has 1 fully saturated rings. The summed E-state index contributed by atoms with van der Waals surface area (Å²) in [6, 6.07) is 10.2. The molecule has 0 unspecified atom stereocenters. The van der Waals surface area contributed by atoms with E-state index in [1.54, 1.807) is 18.3 Å². The maximum atomic E-state index is 13.2. The fourth-order valence-corrected chi connectivity index (χ4v) is 4.28. The van der Waals surface area contributed by atoms with Crippen molar-refractivity contribution in [1.29, 1.82) is 0 Å². The molecule has 1 aliphatic carbocycles. The molecule has 1 saturated carbocycles. The number of carbonyl (C=O) groups is 1. The number of hydrogen-bond donors (Lipinski definition) is 3. The minimum absolute atomic E-state index is 0.254. The molecule has 30 heavy (non-hydrogen) atoms. The molecule has 0 spiro atoms. The number of benzene rings is 1. The Hall–Kier alpha value is -3.10. The molecule has 1 aromatic carbocycles. The number of carbonyl (C=O) groups excluding carboxylic acids is 1. The molecule has 0 saturated heterocycles. The first-order valence-electron chi connectivity index (χ1n) is 9.70. The molecule has 3 N–H and O–H groups in total. The topological polar surface area (TPSA) is 90.9 Å². The maximum Gasteiger partial charge on any atom is 0.280 e. The third-order valence-electron chi connectivity index (χ3n) is 5.48. The van der Waals surface area contributed by atoms with Crippen molar-refractivity contribution in [3.8, 4) is 22.5 Å². The van der Waals surface area contributed by atoms with E-state index in [2.05, 4.69) is 20.3 Å². The average molecular weight is 422 g/mol. The fraction of sp³-hybridized carbons (Fsp3) is 0.227. The zero-order valence-electron chi connectivity index (χ0n) is 16.0. The predicted molar refractivity (Wildman–Crippen MR) is 114 cm³/mol. The Kier molecular flexibility index (Phi) is 4.60. The van der Waals surface area contributed by atoms with Gasteiger partial charge in [0.15, 0.2) is 5.01 Å². The number of rotatable bonds is 5. The third kappa shape index (κ3) is 3.59. The SMILES string of the molecule is O=C(NCC1(O)CCC1)c1nc(-c2cnc3[nH]c(-c4ccc(F)cc4)cc3c2)cs1. The van der Waals surface area contributed by atoms with Crippen molar-refractivity contribution in [3.63, 3.8) is 0 Å². The summed E-state index contributed by atoms with van der Waals surface area (Å²) in [6.45, 7) is 0.254. The molecule has 0 atom stereocenters. The number of fused-ring (bicyclic) bond motifs is 1. The second kappa shape index (κ2) is 7.30. The molecule has 3 aromatic heterocycles. The van der Waals surface area contributed by atoms with Gasteiger partial charge in [-0.15, -0.1) is 11.3 Å². The molecular formula is C22H19FN4O2S.